The van der Waals surface area contributed by atoms with Gasteiger partial charge in [0.05, 0.1) is 18.5 Å². The summed E-state index contributed by atoms with van der Waals surface area (Å²) in [5, 5.41) is 12.5. The van der Waals surface area contributed by atoms with E-state index in [-0.39, 0.29) is 5.97 Å². The van der Waals surface area contributed by atoms with Gasteiger partial charge in [-0.1, -0.05) is 37.6 Å². The lowest BCUT2D eigenvalue weighted by Gasteiger charge is -2.36. The minimum Gasteiger partial charge on any atom is -0.465 e. The van der Waals surface area contributed by atoms with Crippen LogP contribution in [0.4, 0.5) is 23.1 Å². The zero-order valence-corrected chi connectivity index (χ0v) is 27.1. The molecule has 2 aliphatic rings. The summed E-state index contributed by atoms with van der Waals surface area (Å²) in [7, 11) is 1.91. The Kier molecular flexibility index (Phi) is 9.61. The normalized spacial score (nSPS) is 16.1. The Morgan fingerprint density at radius 1 is 1.02 bits per heavy atom. The van der Waals surface area contributed by atoms with Crippen molar-refractivity contribution in [2.45, 2.75) is 59.4 Å². The van der Waals surface area contributed by atoms with E-state index in [9.17, 15) is 4.79 Å². The van der Waals surface area contributed by atoms with E-state index in [0.29, 0.717) is 25.0 Å². The van der Waals surface area contributed by atoms with Gasteiger partial charge < -0.3 is 15.4 Å². The molecular weight excluding hydrogens is 564 g/mol. The fourth-order valence-corrected chi connectivity index (χ4v) is 6.55. The monoisotopic (exact) mass is 610 g/mol. The Morgan fingerprint density at radius 3 is 2.60 bits per heavy atom. The van der Waals surface area contributed by atoms with Crippen molar-refractivity contribution in [2.75, 3.05) is 50.0 Å². The van der Waals surface area contributed by atoms with Crippen molar-refractivity contribution < 1.29 is 9.53 Å². The van der Waals surface area contributed by atoms with E-state index in [2.05, 4.69) is 82.6 Å². The summed E-state index contributed by atoms with van der Waals surface area (Å²) in [5.74, 6) is 1.88. The highest BCUT2D eigenvalue weighted by atomic mass is 16.5. The molecule has 2 aliphatic heterocycles. The highest BCUT2D eigenvalue weighted by Crippen LogP contribution is 2.30. The van der Waals surface area contributed by atoms with Gasteiger partial charge in [-0.15, -0.1) is 0 Å². The molecule has 0 atom stereocenters. The third kappa shape index (κ3) is 7.45. The average molecular weight is 611 g/mol. The van der Waals surface area contributed by atoms with Crippen LogP contribution in [-0.4, -0.2) is 74.8 Å². The number of esters is 1. The van der Waals surface area contributed by atoms with Gasteiger partial charge in [-0.3, -0.25) is 14.6 Å². The van der Waals surface area contributed by atoms with E-state index in [1.807, 2.05) is 13.2 Å². The Balaban J connectivity index is 1.05. The van der Waals surface area contributed by atoms with Crippen LogP contribution >= 0.6 is 0 Å². The van der Waals surface area contributed by atoms with Crippen molar-refractivity contribution >= 4 is 40.1 Å². The molecule has 1 fully saturated rings. The SMILES string of the molecule is CCCCOC(=O)CN1CCC(CN2CCc3ccc(Nc4ncc5c(Nc6c(C)cccc6C)nn(C)c5n4)cc3C2)CC1. The van der Waals surface area contributed by atoms with E-state index < -0.39 is 0 Å². The molecule has 0 spiro atoms. The van der Waals surface area contributed by atoms with Crippen LogP contribution in [0, 0.1) is 19.8 Å². The predicted octanol–water partition coefficient (Wildman–Crippen LogP) is 5.88. The summed E-state index contributed by atoms with van der Waals surface area (Å²) in [5.41, 5.74) is 7.93. The second-order valence-corrected chi connectivity index (χ2v) is 12.7. The highest BCUT2D eigenvalue weighted by Gasteiger charge is 2.25. The van der Waals surface area contributed by atoms with Crippen LogP contribution < -0.4 is 10.6 Å². The molecule has 0 bridgehead atoms. The predicted molar refractivity (Wildman–Crippen MR) is 179 cm³/mol. The van der Waals surface area contributed by atoms with Gasteiger partial charge >= 0.3 is 5.97 Å². The first-order valence-corrected chi connectivity index (χ1v) is 16.4. The van der Waals surface area contributed by atoms with E-state index >= 15 is 0 Å². The Hall–Kier alpha value is -4.02. The summed E-state index contributed by atoms with van der Waals surface area (Å²) in [6.07, 6.45) is 7.14. The van der Waals surface area contributed by atoms with Crippen LogP contribution in [0.25, 0.3) is 11.0 Å². The molecule has 0 amide bonds. The number of ether oxygens (including phenoxy) is 1. The number of hydrogen-bond donors (Lipinski definition) is 2. The van der Waals surface area contributed by atoms with Crippen molar-refractivity contribution in [2.24, 2.45) is 13.0 Å². The number of anilines is 4. The van der Waals surface area contributed by atoms with Crippen LogP contribution in [0.3, 0.4) is 0 Å². The minimum absolute atomic E-state index is 0.0837. The third-order valence-corrected chi connectivity index (χ3v) is 9.20. The lowest BCUT2D eigenvalue weighted by Crippen LogP contribution is -2.42. The van der Waals surface area contributed by atoms with Crippen molar-refractivity contribution in [1.82, 2.24) is 29.5 Å². The molecule has 238 valence electrons. The molecule has 10 heteroatoms. The number of likely N-dealkylation sites (tertiary alicyclic amines) is 1. The maximum absolute atomic E-state index is 12.1. The van der Waals surface area contributed by atoms with Gasteiger partial charge in [0.15, 0.2) is 11.5 Å². The largest absolute Gasteiger partial charge is 0.465 e. The fourth-order valence-electron chi connectivity index (χ4n) is 6.55. The van der Waals surface area contributed by atoms with Crippen LogP contribution in [0.5, 0.6) is 0 Å². The van der Waals surface area contributed by atoms with Gasteiger partial charge in [0.2, 0.25) is 5.95 Å². The number of hydrogen-bond acceptors (Lipinski definition) is 9. The van der Waals surface area contributed by atoms with E-state index in [1.165, 1.54) is 22.3 Å². The zero-order chi connectivity index (χ0) is 31.3. The second-order valence-electron chi connectivity index (χ2n) is 12.7. The minimum atomic E-state index is -0.0837. The molecule has 2 N–H and O–H groups in total. The number of unbranched alkanes of at least 4 members (excludes halogenated alkanes) is 1. The van der Waals surface area contributed by atoms with Crippen molar-refractivity contribution in [3.05, 3.63) is 64.8 Å². The van der Waals surface area contributed by atoms with Crippen LogP contribution in [0.15, 0.2) is 42.6 Å². The number of carbonyl (C=O) groups is 1. The molecule has 0 radical (unpaired) electrons. The Labute approximate surface area is 266 Å². The molecule has 6 rings (SSSR count). The van der Waals surface area contributed by atoms with Crippen LogP contribution in [0.1, 0.15) is 54.9 Å². The van der Waals surface area contributed by atoms with Gasteiger partial charge in [0, 0.05) is 44.3 Å². The highest BCUT2D eigenvalue weighted by molar-refractivity contribution is 5.90. The van der Waals surface area contributed by atoms with E-state index in [4.69, 9.17) is 14.8 Å². The summed E-state index contributed by atoms with van der Waals surface area (Å²) < 4.78 is 7.16. The number of para-hydroxylation sites is 1. The molecule has 1 saturated heterocycles. The number of aryl methyl sites for hydroxylation is 3. The summed E-state index contributed by atoms with van der Waals surface area (Å²) in [6, 6.07) is 12.9. The first-order chi connectivity index (χ1) is 21.9. The van der Waals surface area contributed by atoms with Crippen molar-refractivity contribution in [1.29, 1.82) is 0 Å². The summed E-state index contributed by atoms with van der Waals surface area (Å²) in [6.45, 7) is 12.3. The van der Waals surface area contributed by atoms with Crippen LogP contribution in [-0.2, 0) is 29.5 Å². The first-order valence-electron chi connectivity index (χ1n) is 16.4. The molecule has 2 aromatic heterocycles. The standard InChI is InChI=1S/C35H46N8O2/c1-5-6-18-45-31(44)23-42-15-12-26(13-16-42)21-43-17-14-27-10-11-29(19-28(27)22-43)37-35-36-20-30-33(40-41(4)34(30)39-35)38-32-24(2)8-7-9-25(32)3/h7-11,19-20,26H,5-6,12-18,21-23H2,1-4H3,(H,38,40)(H,36,37,39). The maximum Gasteiger partial charge on any atom is 0.320 e. The van der Waals surface area contributed by atoms with Gasteiger partial charge in [-0.2, -0.15) is 10.1 Å². The van der Waals surface area contributed by atoms with Crippen LogP contribution in [0.2, 0.25) is 0 Å². The van der Waals surface area contributed by atoms with E-state index in [1.54, 1.807) is 4.68 Å². The fraction of sp³-hybridized carbons (Fsp3) is 0.486. The third-order valence-electron chi connectivity index (χ3n) is 9.20. The van der Waals surface area contributed by atoms with Gasteiger partial charge in [0.25, 0.3) is 0 Å². The second kappa shape index (κ2) is 14.0. The maximum atomic E-state index is 12.1. The molecule has 0 saturated carbocycles. The summed E-state index contributed by atoms with van der Waals surface area (Å²) >= 11 is 0. The van der Waals surface area contributed by atoms with E-state index in [0.717, 1.165) is 93.1 Å². The Bertz CT molecular complexity index is 1620. The zero-order valence-electron chi connectivity index (χ0n) is 27.1. The topological polar surface area (TPSA) is 100 Å². The quantitative estimate of drug-likeness (QED) is 0.159. The lowest BCUT2D eigenvalue weighted by atomic mass is 9.93. The average Bonchev–Trinajstić information content (AvgIpc) is 3.34. The number of aromatic nitrogens is 4. The molecule has 4 aromatic rings. The number of nitrogens with zero attached hydrogens (tertiary/aromatic N) is 6. The summed E-state index contributed by atoms with van der Waals surface area (Å²) in [4.78, 5) is 26.4. The number of fused-ring (bicyclic) bond motifs is 2. The van der Waals surface area contributed by atoms with Crippen molar-refractivity contribution in [3.8, 4) is 0 Å². The molecule has 0 aliphatic carbocycles. The van der Waals surface area contributed by atoms with Gasteiger partial charge in [-0.25, -0.2) is 9.67 Å². The van der Waals surface area contributed by atoms with Crippen molar-refractivity contribution in [3.63, 3.8) is 0 Å². The molecule has 0 unspecified atom stereocenters. The first kappa shape index (κ1) is 31.0. The number of nitrogens with one attached hydrogen (secondary N) is 2. The molecule has 4 heterocycles. The molecule has 10 nitrogen and oxygen atoms in total. The molecule has 2 aromatic carbocycles. The number of carbonyl (C=O) groups excluding carboxylic acids is 1. The Morgan fingerprint density at radius 2 is 1.82 bits per heavy atom. The van der Waals surface area contributed by atoms with Gasteiger partial charge in [0.1, 0.15) is 0 Å². The molecule has 45 heavy (non-hydrogen) atoms. The lowest BCUT2D eigenvalue weighted by molar-refractivity contribution is -0.145. The molecular formula is C35H46N8O2. The number of piperidine rings is 1. The smallest absolute Gasteiger partial charge is 0.320 e. The van der Waals surface area contributed by atoms with Gasteiger partial charge in [-0.05, 0) is 92.9 Å². The number of rotatable bonds is 11. The number of benzene rings is 2.